The van der Waals surface area contributed by atoms with Crippen molar-refractivity contribution in [2.75, 3.05) is 37.7 Å². The summed E-state index contributed by atoms with van der Waals surface area (Å²) in [5.41, 5.74) is -1.12. The standard InChI is InChI=1S/C27H35ClF2N6O4/c1-14-20-15(2)39-23-17-19(18(30)21(28)32-23)31-24(38-13-27-7-6-8-34(27)12-16(29)11-27)33-22(17)36(20)10-9-35(14)25(37)40-26(3,4)5/h14-16,20H,6-13H2,1-5H3/t14?,15?,16-,20?,27+/m1/s1. The molecule has 1 amide bonds. The molecule has 0 aromatic carbocycles. The van der Waals surface area contributed by atoms with Gasteiger partial charge in [0.15, 0.2) is 11.0 Å². The zero-order valence-electron chi connectivity index (χ0n) is 23.4. The molecule has 3 unspecified atom stereocenters. The largest absolute Gasteiger partial charge is 0.472 e. The number of pyridine rings is 1. The summed E-state index contributed by atoms with van der Waals surface area (Å²) in [5, 5.41) is -0.0721. The van der Waals surface area contributed by atoms with Crippen molar-refractivity contribution in [3.63, 3.8) is 0 Å². The van der Waals surface area contributed by atoms with Crippen LogP contribution in [-0.4, -0.2) is 99.1 Å². The average molecular weight is 581 g/mol. The van der Waals surface area contributed by atoms with Crippen LogP contribution in [-0.2, 0) is 4.74 Å². The van der Waals surface area contributed by atoms with Gasteiger partial charge >= 0.3 is 12.1 Å². The van der Waals surface area contributed by atoms with E-state index in [1.807, 2.05) is 39.5 Å². The lowest BCUT2D eigenvalue weighted by Gasteiger charge is -2.47. The number of rotatable bonds is 3. The number of carbonyl (C=O) groups excluding carboxylic acids is 1. The smallest absolute Gasteiger partial charge is 0.410 e. The van der Waals surface area contributed by atoms with Crippen LogP contribution >= 0.6 is 11.6 Å². The summed E-state index contributed by atoms with van der Waals surface area (Å²) in [6.45, 7) is 11.4. The van der Waals surface area contributed by atoms with Gasteiger partial charge in [-0.25, -0.2) is 13.6 Å². The molecule has 0 radical (unpaired) electrons. The summed E-state index contributed by atoms with van der Waals surface area (Å²) < 4.78 is 47.8. The number of carbonyl (C=O) groups is 1. The number of hydrogen-bond acceptors (Lipinski definition) is 9. The van der Waals surface area contributed by atoms with Gasteiger partial charge in [-0.15, -0.1) is 0 Å². The second kappa shape index (κ2) is 9.68. The number of halogens is 3. The fourth-order valence-electron chi connectivity index (χ4n) is 6.81. The molecule has 0 spiro atoms. The minimum atomic E-state index is -0.905. The molecule has 0 saturated carbocycles. The number of alkyl halides is 1. The molecule has 3 fully saturated rings. The van der Waals surface area contributed by atoms with Crippen molar-refractivity contribution < 1.29 is 27.8 Å². The van der Waals surface area contributed by atoms with E-state index < -0.39 is 35.3 Å². The number of amides is 1. The molecule has 3 saturated heterocycles. The van der Waals surface area contributed by atoms with Gasteiger partial charge in [0, 0.05) is 26.1 Å². The van der Waals surface area contributed by atoms with Crippen molar-refractivity contribution in [2.24, 2.45) is 0 Å². The summed E-state index contributed by atoms with van der Waals surface area (Å²) >= 11 is 6.18. The fourth-order valence-corrected chi connectivity index (χ4v) is 6.98. The molecule has 2 aromatic heterocycles. The van der Waals surface area contributed by atoms with Crippen LogP contribution in [0.2, 0.25) is 5.15 Å². The summed E-state index contributed by atoms with van der Waals surface area (Å²) in [6, 6.07) is -0.725. The third kappa shape index (κ3) is 4.56. The first kappa shape index (κ1) is 27.4. The maximum atomic E-state index is 15.4. The van der Waals surface area contributed by atoms with E-state index >= 15 is 4.39 Å². The Kier molecular flexibility index (Phi) is 6.64. The third-order valence-corrected chi connectivity index (χ3v) is 8.76. The molecule has 13 heteroatoms. The highest BCUT2D eigenvalue weighted by atomic mass is 35.5. The van der Waals surface area contributed by atoms with Gasteiger partial charge in [0.25, 0.3) is 0 Å². The van der Waals surface area contributed by atoms with E-state index in [9.17, 15) is 9.18 Å². The summed E-state index contributed by atoms with van der Waals surface area (Å²) in [5.74, 6) is -0.273. The van der Waals surface area contributed by atoms with Crippen LogP contribution in [0.15, 0.2) is 0 Å². The van der Waals surface area contributed by atoms with E-state index in [4.69, 9.17) is 30.8 Å². The topological polar surface area (TPSA) is 93.2 Å². The lowest BCUT2D eigenvalue weighted by molar-refractivity contribution is 0.00449. The first-order chi connectivity index (χ1) is 18.9. The molecule has 6 heterocycles. The minimum Gasteiger partial charge on any atom is -0.472 e. The molecule has 0 N–H and O–H groups in total. The van der Waals surface area contributed by atoms with E-state index in [-0.39, 0.29) is 41.3 Å². The average Bonchev–Trinajstić information content (AvgIpc) is 3.35. The lowest BCUT2D eigenvalue weighted by Crippen LogP contribution is -2.64. The molecular weight excluding hydrogens is 546 g/mol. The zero-order chi connectivity index (χ0) is 28.6. The van der Waals surface area contributed by atoms with Gasteiger partial charge < -0.3 is 24.0 Å². The van der Waals surface area contributed by atoms with Crippen LogP contribution in [0.25, 0.3) is 10.9 Å². The first-order valence-electron chi connectivity index (χ1n) is 13.9. The Bertz CT molecular complexity index is 1340. The van der Waals surface area contributed by atoms with Gasteiger partial charge in [0.2, 0.25) is 5.88 Å². The molecular formula is C27H35ClF2N6O4. The van der Waals surface area contributed by atoms with Gasteiger partial charge in [-0.3, -0.25) is 4.90 Å². The molecule has 0 bridgehead atoms. The Labute approximate surface area is 236 Å². The maximum absolute atomic E-state index is 15.4. The molecule has 4 aliphatic heterocycles. The molecule has 40 heavy (non-hydrogen) atoms. The van der Waals surface area contributed by atoms with Crippen molar-refractivity contribution in [2.45, 2.75) is 89.4 Å². The third-order valence-electron chi connectivity index (χ3n) is 8.51. The minimum absolute atomic E-state index is 0.0197. The van der Waals surface area contributed by atoms with E-state index in [0.717, 1.165) is 19.4 Å². The second-order valence-corrected chi connectivity index (χ2v) is 12.7. The van der Waals surface area contributed by atoms with Crippen molar-refractivity contribution in [1.29, 1.82) is 0 Å². The van der Waals surface area contributed by atoms with E-state index in [1.54, 1.807) is 4.90 Å². The van der Waals surface area contributed by atoms with Crippen LogP contribution in [0.5, 0.6) is 11.9 Å². The second-order valence-electron chi connectivity index (χ2n) is 12.4. The van der Waals surface area contributed by atoms with Crippen LogP contribution in [0, 0.1) is 5.82 Å². The number of nitrogens with zero attached hydrogens (tertiary/aromatic N) is 6. The lowest BCUT2D eigenvalue weighted by atomic mass is 9.95. The maximum Gasteiger partial charge on any atom is 0.410 e. The van der Waals surface area contributed by atoms with Gasteiger partial charge in [0.1, 0.15) is 41.2 Å². The highest BCUT2D eigenvalue weighted by Crippen LogP contribution is 2.43. The SMILES string of the molecule is CC1Oc2nc(Cl)c(F)c3nc(OC[C@@]45CCCN4C[C@H](F)C5)nc(c23)N2CCN(C(=O)OC(C)(C)C)C(C)C12. The summed E-state index contributed by atoms with van der Waals surface area (Å²) in [6.07, 6.45) is 0.385. The Morgan fingerprint density at radius 1 is 1.20 bits per heavy atom. The zero-order valence-corrected chi connectivity index (χ0v) is 24.2. The van der Waals surface area contributed by atoms with Gasteiger partial charge in [-0.05, 0) is 54.0 Å². The van der Waals surface area contributed by atoms with Crippen LogP contribution < -0.4 is 14.4 Å². The van der Waals surface area contributed by atoms with Crippen molar-refractivity contribution in [3.8, 4) is 11.9 Å². The molecule has 5 atom stereocenters. The number of hydrogen-bond donors (Lipinski definition) is 0. The molecule has 0 aliphatic carbocycles. The van der Waals surface area contributed by atoms with Crippen LogP contribution in [0.3, 0.4) is 0 Å². The molecule has 2 aromatic rings. The molecule has 10 nitrogen and oxygen atoms in total. The predicted molar refractivity (Wildman–Crippen MR) is 144 cm³/mol. The van der Waals surface area contributed by atoms with Crippen LogP contribution in [0.4, 0.5) is 19.4 Å². The predicted octanol–water partition coefficient (Wildman–Crippen LogP) is 4.37. The van der Waals surface area contributed by atoms with Crippen LogP contribution in [0.1, 0.15) is 53.9 Å². The Morgan fingerprint density at radius 2 is 1.98 bits per heavy atom. The molecule has 218 valence electrons. The normalized spacial score (nSPS) is 30.1. The number of ether oxygens (including phenoxy) is 3. The monoisotopic (exact) mass is 580 g/mol. The molecule has 4 aliphatic rings. The van der Waals surface area contributed by atoms with E-state index in [2.05, 4.69) is 14.9 Å². The van der Waals surface area contributed by atoms with E-state index in [1.165, 1.54) is 0 Å². The van der Waals surface area contributed by atoms with E-state index in [0.29, 0.717) is 37.3 Å². The fraction of sp³-hybridized carbons (Fsp3) is 0.704. The van der Waals surface area contributed by atoms with Crippen molar-refractivity contribution >= 4 is 34.4 Å². The Hall–Kier alpha value is -2.73. The highest BCUT2D eigenvalue weighted by Gasteiger charge is 2.50. The van der Waals surface area contributed by atoms with Crippen molar-refractivity contribution in [1.82, 2.24) is 24.8 Å². The van der Waals surface area contributed by atoms with Gasteiger partial charge in [0.05, 0.1) is 17.6 Å². The van der Waals surface area contributed by atoms with Gasteiger partial charge in [-0.2, -0.15) is 15.0 Å². The van der Waals surface area contributed by atoms with Gasteiger partial charge in [-0.1, -0.05) is 11.6 Å². The number of fused-ring (bicyclic) bond motifs is 3. The highest BCUT2D eigenvalue weighted by molar-refractivity contribution is 6.30. The number of anilines is 1. The van der Waals surface area contributed by atoms with Crippen molar-refractivity contribution in [3.05, 3.63) is 11.0 Å². The molecule has 6 rings (SSSR count). The first-order valence-corrected chi connectivity index (χ1v) is 14.3. The summed E-state index contributed by atoms with van der Waals surface area (Å²) in [4.78, 5) is 32.2. The Balaban J connectivity index is 1.38. The number of aromatic nitrogens is 3. The quantitative estimate of drug-likeness (QED) is 0.491. The Morgan fingerprint density at radius 3 is 2.73 bits per heavy atom. The number of piperazine rings is 1. The summed E-state index contributed by atoms with van der Waals surface area (Å²) in [7, 11) is 0.